The number of hydrogen-bond donors (Lipinski definition) is 1. The lowest BCUT2D eigenvalue weighted by Crippen LogP contribution is -2.38. The first-order chi connectivity index (χ1) is 7.73. The van der Waals surface area contributed by atoms with Gasteiger partial charge in [-0.25, -0.2) is 0 Å². The zero-order valence-corrected chi connectivity index (χ0v) is 11.2. The molecular weight excluding hydrogens is 222 g/mol. The molecule has 2 N–H and O–H groups in total. The minimum atomic E-state index is -0.863. The van der Waals surface area contributed by atoms with Crippen LogP contribution >= 0.6 is 0 Å². The number of esters is 2. The first kappa shape index (κ1) is 15.9. The Morgan fingerprint density at radius 3 is 2.00 bits per heavy atom. The summed E-state index contributed by atoms with van der Waals surface area (Å²) in [6.45, 7) is 8.82. The fourth-order valence-electron chi connectivity index (χ4n) is 1.27. The van der Waals surface area contributed by atoms with Crippen molar-refractivity contribution in [2.24, 2.45) is 17.6 Å². The van der Waals surface area contributed by atoms with E-state index in [0.29, 0.717) is 12.3 Å². The standard InChI is InChI=1S/C12H23NO4/c1-7(2)6-10(13)11(15)17-12(8(3)4)16-9(5)14/h7-8,10,12H,6,13H2,1-5H3. The molecule has 0 bridgehead atoms. The van der Waals surface area contributed by atoms with Crippen LogP contribution in [0.5, 0.6) is 0 Å². The smallest absolute Gasteiger partial charge is 0.326 e. The van der Waals surface area contributed by atoms with E-state index in [1.807, 2.05) is 13.8 Å². The maximum atomic E-state index is 11.6. The largest absolute Gasteiger partial charge is 0.425 e. The molecule has 0 spiro atoms. The third-order valence-corrected chi connectivity index (χ3v) is 2.09. The Hall–Kier alpha value is -1.10. The Bertz CT molecular complexity index is 263. The highest BCUT2D eigenvalue weighted by molar-refractivity contribution is 5.75. The van der Waals surface area contributed by atoms with E-state index in [-0.39, 0.29) is 5.92 Å². The second-order valence-electron chi connectivity index (χ2n) is 4.89. The SMILES string of the molecule is CC(=O)OC(OC(=O)C(N)CC(C)C)C(C)C. The fourth-order valence-corrected chi connectivity index (χ4v) is 1.27. The minimum Gasteiger partial charge on any atom is -0.425 e. The van der Waals surface area contributed by atoms with Crippen molar-refractivity contribution < 1.29 is 19.1 Å². The van der Waals surface area contributed by atoms with Gasteiger partial charge in [0.2, 0.25) is 6.29 Å². The molecule has 0 aliphatic rings. The van der Waals surface area contributed by atoms with E-state index in [2.05, 4.69) is 0 Å². The van der Waals surface area contributed by atoms with E-state index in [0.717, 1.165) is 0 Å². The molecule has 0 heterocycles. The average molecular weight is 245 g/mol. The summed E-state index contributed by atoms with van der Waals surface area (Å²) in [4.78, 5) is 22.5. The molecule has 0 aliphatic carbocycles. The molecule has 17 heavy (non-hydrogen) atoms. The Morgan fingerprint density at radius 1 is 1.12 bits per heavy atom. The first-order valence-electron chi connectivity index (χ1n) is 5.87. The summed E-state index contributed by atoms with van der Waals surface area (Å²) in [5, 5.41) is 0. The van der Waals surface area contributed by atoms with E-state index < -0.39 is 24.3 Å². The third kappa shape index (κ3) is 6.94. The second kappa shape index (κ2) is 7.27. The Morgan fingerprint density at radius 2 is 1.65 bits per heavy atom. The van der Waals surface area contributed by atoms with Gasteiger partial charge in [-0.05, 0) is 12.3 Å². The number of carbonyl (C=O) groups excluding carboxylic acids is 2. The topological polar surface area (TPSA) is 78.6 Å². The van der Waals surface area contributed by atoms with E-state index in [1.54, 1.807) is 13.8 Å². The van der Waals surface area contributed by atoms with Crippen LogP contribution in [0.4, 0.5) is 0 Å². The Balaban J connectivity index is 4.34. The van der Waals surface area contributed by atoms with Gasteiger partial charge in [-0.2, -0.15) is 0 Å². The van der Waals surface area contributed by atoms with Gasteiger partial charge in [-0.15, -0.1) is 0 Å². The van der Waals surface area contributed by atoms with Crippen molar-refractivity contribution in [3.63, 3.8) is 0 Å². The van der Waals surface area contributed by atoms with Crippen LogP contribution in [0.3, 0.4) is 0 Å². The number of hydrogen-bond acceptors (Lipinski definition) is 5. The molecule has 0 amide bonds. The molecule has 0 aromatic rings. The fraction of sp³-hybridized carbons (Fsp3) is 0.833. The molecule has 100 valence electrons. The van der Waals surface area contributed by atoms with Crippen molar-refractivity contribution in [2.75, 3.05) is 0 Å². The molecule has 0 aromatic heterocycles. The summed E-state index contributed by atoms with van der Waals surface area (Å²) in [5.74, 6) is -0.801. The van der Waals surface area contributed by atoms with Crippen molar-refractivity contribution in [3.8, 4) is 0 Å². The van der Waals surface area contributed by atoms with E-state index in [9.17, 15) is 9.59 Å². The maximum Gasteiger partial charge on any atom is 0.326 e. The molecule has 0 saturated heterocycles. The van der Waals surface area contributed by atoms with Crippen LogP contribution in [0.1, 0.15) is 41.0 Å². The summed E-state index contributed by atoms with van der Waals surface area (Å²) in [6.07, 6.45) is -0.317. The lowest BCUT2D eigenvalue weighted by Gasteiger charge is -2.22. The molecule has 2 unspecified atom stereocenters. The van der Waals surface area contributed by atoms with E-state index >= 15 is 0 Å². The summed E-state index contributed by atoms with van der Waals surface area (Å²) >= 11 is 0. The Labute approximate surface area is 103 Å². The predicted octanol–water partition coefficient (Wildman–Crippen LogP) is 1.45. The molecule has 0 aliphatic heterocycles. The van der Waals surface area contributed by atoms with Crippen LogP contribution in [-0.4, -0.2) is 24.3 Å². The summed E-state index contributed by atoms with van der Waals surface area (Å²) in [6, 6.07) is -0.674. The molecule has 0 saturated carbocycles. The van der Waals surface area contributed by atoms with Gasteiger partial charge in [0.1, 0.15) is 6.04 Å². The third-order valence-electron chi connectivity index (χ3n) is 2.09. The lowest BCUT2D eigenvalue weighted by molar-refractivity contribution is -0.195. The van der Waals surface area contributed by atoms with Crippen LogP contribution in [-0.2, 0) is 19.1 Å². The average Bonchev–Trinajstić information content (AvgIpc) is 2.14. The molecule has 2 atom stereocenters. The van der Waals surface area contributed by atoms with E-state index in [1.165, 1.54) is 6.92 Å². The molecule has 5 heteroatoms. The molecule has 0 aromatic carbocycles. The van der Waals surface area contributed by atoms with Crippen LogP contribution in [0.25, 0.3) is 0 Å². The monoisotopic (exact) mass is 245 g/mol. The van der Waals surface area contributed by atoms with Gasteiger partial charge < -0.3 is 15.2 Å². The van der Waals surface area contributed by atoms with Gasteiger partial charge in [0.15, 0.2) is 0 Å². The summed E-state index contributed by atoms with van der Waals surface area (Å²) < 4.78 is 9.98. The first-order valence-corrected chi connectivity index (χ1v) is 5.87. The highest BCUT2D eigenvalue weighted by atomic mass is 16.7. The van der Waals surface area contributed by atoms with Crippen LogP contribution < -0.4 is 5.73 Å². The lowest BCUT2D eigenvalue weighted by atomic mass is 10.0. The molecule has 0 radical (unpaired) electrons. The van der Waals surface area contributed by atoms with Crippen LogP contribution in [0, 0.1) is 11.8 Å². The number of ether oxygens (including phenoxy) is 2. The van der Waals surface area contributed by atoms with E-state index in [4.69, 9.17) is 15.2 Å². The molecule has 5 nitrogen and oxygen atoms in total. The number of carbonyl (C=O) groups is 2. The van der Waals surface area contributed by atoms with Gasteiger partial charge in [-0.3, -0.25) is 9.59 Å². The van der Waals surface area contributed by atoms with Crippen molar-refractivity contribution in [3.05, 3.63) is 0 Å². The molecule has 0 fully saturated rings. The highest BCUT2D eigenvalue weighted by Gasteiger charge is 2.25. The zero-order chi connectivity index (χ0) is 13.6. The number of nitrogens with two attached hydrogens (primary N) is 1. The minimum absolute atomic E-state index is 0.103. The quantitative estimate of drug-likeness (QED) is 0.566. The van der Waals surface area contributed by atoms with Crippen molar-refractivity contribution >= 4 is 11.9 Å². The van der Waals surface area contributed by atoms with Gasteiger partial charge in [0, 0.05) is 12.8 Å². The molecular formula is C12H23NO4. The van der Waals surface area contributed by atoms with Gasteiger partial charge in [0.25, 0.3) is 0 Å². The predicted molar refractivity (Wildman–Crippen MR) is 63.9 cm³/mol. The summed E-state index contributed by atoms with van der Waals surface area (Å²) in [7, 11) is 0. The molecule has 0 rings (SSSR count). The van der Waals surface area contributed by atoms with Gasteiger partial charge >= 0.3 is 11.9 Å². The highest BCUT2D eigenvalue weighted by Crippen LogP contribution is 2.12. The van der Waals surface area contributed by atoms with Crippen LogP contribution in [0.2, 0.25) is 0 Å². The maximum absolute atomic E-state index is 11.6. The second-order valence-corrected chi connectivity index (χ2v) is 4.89. The van der Waals surface area contributed by atoms with Crippen molar-refractivity contribution in [1.29, 1.82) is 0 Å². The zero-order valence-electron chi connectivity index (χ0n) is 11.2. The van der Waals surface area contributed by atoms with Crippen LogP contribution in [0.15, 0.2) is 0 Å². The van der Waals surface area contributed by atoms with Crippen molar-refractivity contribution in [1.82, 2.24) is 0 Å². The van der Waals surface area contributed by atoms with Gasteiger partial charge in [0.05, 0.1) is 0 Å². The normalized spacial score (nSPS) is 14.6. The number of rotatable bonds is 6. The Kier molecular flexibility index (Phi) is 6.80. The van der Waals surface area contributed by atoms with Gasteiger partial charge in [-0.1, -0.05) is 27.7 Å². The summed E-state index contributed by atoms with van der Waals surface area (Å²) in [5.41, 5.74) is 5.68. The van der Waals surface area contributed by atoms with Crippen molar-refractivity contribution in [2.45, 2.75) is 53.4 Å².